The van der Waals surface area contributed by atoms with E-state index in [-0.39, 0.29) is 5.60 Å². The van der Waals surface area contributed by atoms with Crippen LogP contribution in [0.25, 0.3) is 0 Å². The molecule has 2 unspecified atom stereocenters. The summed E-state index contributed by atoms with van der Waals surface area (Å²) >= 11 is 0. The maximum Gasteiger partial charge on any atom is 0.313 e. The third-order valence-corrected chi connectivity index (χ3v) is 39.0. The highest BCUT2D eigenvalue weighted by Crippen LogP contribution is 2.44. The van der Waals surface area contributed by atoms with Crippen molar-refractivity contribution < 1.29 is 13.3 Å². The van der Waals surface area contributed by atoms with Gasteiger partial charge in [0.05, 0.1) is 5.60 Å². The molecule has 0 aromatic rings. The van der Waals surface area contributed by atoms with Crippen LogP contribution in [0.4, 0.5) is 0 Å². The van der Waals surface area contributed by atoms with Crippen molar-refractivity contribution >= 4 is 23.0 Å². The minimum absolute atomic E-state index is 0.0885. The Kier molecular flexibility index (Phi) is 4.74. The van der Waals surface area contributed by atoms with Crippen LogP contribution in [0.15, 0.2) is 0 Å². The zero-order chi connectivity index (χ0) is 14.2. The highest BCUT2D eigenvalue weighted by Gasteiger charge is 2.68. The topological polar surface area (TPSA) is 27.7 Å². The average molecular weight is 307 g/mol. The molecule has 0 radical (unpaired) electrons. The van der Waals surface area contributed by atoms with Gasteiger partial charge in [0, 0.05) is 13.2 Å². The molecule has 0 amide bonds. The Hall–Kier alpha value is 0.531. The lowest BCUT2D eigenvalue weighted by Crippen LogP contribution is -2.81. The molecule has 6 heteroatoms. The summed E-state index contributed by atoms with van der Waals surface area (Å²) in [5.41, 5.74) is -0.0885. The predicted octanol–water partition coefficient (Wildman–Crippen LogP) is 3.38. The average Bonchev–Trinajstić information content (AvgIpc) is 2.13. The molecule has 0 aliphatic carbocycles. The van der Waals surface area contributed by atoms with Gasteiger partial charge in [0.1, 0.15) is 7.11 Å². The predicted molar refractivity (Wildman–Crippen MR) is 83.9 cm³/mol. The van der Waals surface area contributed by atoms with Crippen molar-refractivity contribution in [2.75, 3.05) is 13.2 Å². The van der Waals surface area contributed by atoms with Crippen LogP contribution < -0.4 is 0 Å². The Morgan fingerprint density at radius 1 is 1.00 bits per heavy atom. The fourth-order valence-electron chi connectivity index (χ4n) is 3.24. The van der Waals surface area contributed by atoms with Crippen molar-refractivity contribution in [3.05, 3.63) is 0 Å². The third-order valence-electron chi connectivity index (χ3n) is 4.57. The van der Waals surface area contributed by atoms with Gasteiger partial charge in [-0.25, -0.2) is 0 Å². The van der Waals surface area contributed by atoms with Gasteiger partial charge in [-0.1, -0.05) is 13.1 Å². The molecule has 0 saturated carbocycles. The zero-order valence-corrected chi connectivity index (χ0v) is 16.3. The molecule has 0 bridgehead atoms. The molecular weight excluding hydrogens is 276 g/mol. The number of rotatable bonds is 4. The second kappa shape index (κ2) is 5.14. The lowest BCUT2D eigenvalue weighted by Gasteiger charge is -2.57. The molecule has 1 aliphatic heterocycles. The number of hydrogen-bond acceptors (Lipinski definition) is 3. The molecule has 2 atom stereocenters. The van der Waals surface area contributed by atoms with E-state index in [1.54, 1.807) is 0 Å². The van der Waals surface area contributed by atoms with Crippen LogP contribution in [0.1, 0.15) is 27.7 Å². The van der Waals surface area contributed by atoms with Gasteiger partial charge in [0.15, 0.2) is 7.83 Å². The van der Waals surface area contributed by atoms with Crippen molar-refractivity contribution in [2.45, 2.75) is 65.5 Å². The van der Waals surface area contributed by atoms with Crippen molar-refractivity contribution in [1.82, 2.24) is 0 Å². The highest BCUT2D eigenvalue weighted by atomic mass is 29.7. The van der Waals surface area contributed by atoms with Crippen LogP contribution in [0.2, 0.25) is 32.2 Å². The normalized spacial score (nSPS) is 38.7. The van der Waals surface area contributed by atoms with Gasteiger partial charge in [-0.2, -0.15) is 0 Å². The van der Waals surface area contributed by atoms with E-state index < -0.39 is 23.0 Å². The van der Waals surface area contributed by atoms with E-state index in [9.17, 15) is 0 Å². The van der Waals surface area contributed by atoms with Gasteiger partial charge in [0.25, 0.3) is 0 Å². The monoisotopic (exact) mass is 306 g/mol. The highest BCUT2D eigenvalue weighted by molar-refractivity contribution is 7.65. The molecule has 0 N–H and O–H groups in total. The smallest absolute Gasteiger partial charge is 0.313 e. The fraction of sp³-hybridized carbons (Fsp3) is 1.00. The second-order valence-corrected chi connectivity index (χ2v) is 30.3. The lowest BCUT2D eigenvalue weighted by molar-refractivity contribution is 0.0697. The minimum atomic E-state index is -2.10. The Bertz CT molecular complexity index is 283. The van der Waals surface area contributed by atoms with E-state index >= 15 is 0 Å². The Balaban J connectivity index is 3.20. The van der Waals surface area contributed by atoms with E-state index in [1.807, 2.05) is 0 Å². The van der Waals surface area contributed by atoms with Crippen LogP contribution in [0.3, 0.4) is 0 Å². The molecule has 1 rings (SSSR count). The molecule has 3 nitrogen and oxygen atoms in total. The summed E-state index contributed by atoms with van der Waals surface area (Å²) in [6.45, 7) is 19.7. The molecule has 1 aliphatic rings. The summed E-state index contributed by atoms with van der Waals surface area (Å²) in [6, 6.07) is 1.10. The standard InChI is InChI=1S/C12H30O3Si3/c1-9-13-17(7)11-12(3,4)15-18(8,14-10-2)16(17,5)6/h9-11H2,1-8H3. The summed E-state index contributed by atoms with van der Waals surface area (Å²) in [4.78, 5) is 0. The van der Waals surface area contributed by atoms with Crippen molar-refractivity contribution in [3.8, 4) is 0 Å². The summed E-state index contributed by atoms with van der Waals surface area (Å²) in [7, 11) is -5.44. The van der Waals surface area contributed by atoms with Crippen LogP contribution in [0, 0.1) is 0 Å². The van der Waals surface area contributed by atoms with Crippen LogP contribution in [-0.2, 0) is 13.3 Å². The van der Waals surface area contributed by atoms with E-state index in [4.69, 9.17) is 13.3 Å². The van der Waals surface area contributed by atoms with E-state index in [0.717, 1.165) is 19.3 Å². The number of hydrogen-bond donors (Lipinski definition) is 0. The van der Waals surface area contributed by atoms with Gasteiger partial charge in [0.2, 0.25) is 0 Å². The SMILES string of the molecule is CCO[Si]1(C)CC(C)(C)O[Si](C)(OCC)[Si]1(C)C. The molecule has 0 aromatic heterocycles. The van der Waals surface area contributed by atoms with Crippen molar-refractivity contribution in [1.29, 1.82) is 0 Å². The molecule has 0 aromatic carbocycles. The van der Waals surface area contributed by atoms with Crippen LogP contribution >= 0.6 is 0 Å². The fourth-order valence-corrected chi connectivity index (χ4v) is 31.2. The van der Waals surface area contributed by atoms with Gasteiger partial charge in [-0.05, 0) is 46.8 Å². The Labute approximate surface area is 115 Å². The maximum atomic E-state index is 6.49. The van der Waals surface area contributed by atoms with Crippen molar-refractivity contribution in [2.24, 2.45) is 0 Å². The molecule has 1 saturated heterocycles. The van der Waals surface area contributed by atoms with E-state index in [2.05, 4.69) is 53.9 Å². The molecule has 1 heterocycles. The van der Waals surface area contributed by atoms with Gasteiger partial charge < -0.3 is 13.3 Å². The third kappa shape index (κ3) is 2.69. The van der Waals surface area contributed by atoms with Gasteiger partial charge in [-0.3, -0.25) is 0 Å². The Morgan fingerprint density at radius 3 is 1.94 bits per heavy atom. The summed E-state index contributed by atoms with van der Waals surface area (Å²) < 4.78 is 19.0. The summed E-state index contributed by atoms with van der Waals surface area (Å²) in [6.07, 6.45) is 0. The molecule has 18 heavy (non-hydrogen) atoms. The first-order valence-corrected chi connectivity index (χ1v) is 16.9. The summed E-state index contributed by atoms with van der Waals surface area (Å²) in [5.74, 6) is 0. The van der Waals surface area contributed by atoms with Crippen molar-refractivity contribution in [3.63, 3.8) is 0 Å². The molecule has 1 fully saturated rings. The lowest BCUT2D eigenvalue weighted by atomic mass is 10.2. The maximum absolute atomic E-state index is 6.49. The molecule has 0 spiro atoms. The van der Waals surface area contributed by atoms with Crippen LogP contribution in [-0.4, -0.2) is 41.8 Å². The molecular formula is C12H30O3Si3. The zero-order valence-electron chi connectivity index (χ0n) is 13.3. The Morgan fingerprint density at radius 2 is 1.50 bits per heavy atom. The first kappa shape index (κ1) is 16.6. The first-order chi connectivity index (χ1) is 8.04. The summed E-state index contributed by atoms with van der Waals surface area (Å²) in [5, 5.41) is 0. The van der Waals surface area contributed by atoms with E-state index in [1.165, 1.54) is 0 Å². The second-order valence-electron chi connectivity index (χ2n) is 6.71. The van der Waals surface area contributed by atoms with Gasteiger partial charge in [-0.15, -0.1) is 0 Å². The van der Waals surface area contributed by atoms with Crippen LogP contribution in [0.5, 0.6) is 0 Å². The van der Waals surface area contributed by atoms with Gasteiger partial charge >= 0.3 is 8.08 Å². The quantitative estimate of drug-likeness (QED) is 0.745. The largest absolute Gasteiger partial charge is 0.420 e. The molecule has 108 valence electrons. The first-order valence-electron chi connectivity index (χ1n) is 7.02. The van der Waals surface area contributed by atoms with E-state index in [0.29, 0.717) is 0 Å². The minimum Gasteiger partial charge on any atom is -0.420 e.